The van der Waals surface area contributed by atoms with Gasteiger partial charge in [0.2, 0.25) is 0 Å². The molecule has 1 aromatic rings. The van der Waals surface area contributed by atoms with Crippen LogP contribution in [0.5, 0.6) is 0 Å². The van der Waals surface area contributed by atoms with Gasteiger partial charge in [-0.25, -0.2) is 0 Å². The number of benzene rings is 1. The number of guanidine groups is 1. The van der Waals surface area contributed by atoms with Gasteiger partial charge in [-0.15, -0.1) is 24.0 Å². The predicted molar refractivity (Wildman–Crippen MR) is 109 cm³/mol. The van der Waals surface area contributed by atoms with Crippen molar-refractivity contribution in [3.05, 3.63) is 35.4 Å². The highest BCUT2D eigenvalue weighted by molar-refractivity contribution is 14.0. The maximum atomic E-state index is 12.7. The van der Waals surface area contributed by atoms with Gasteiger partial charge in [0, 0.05) is 33.8 Å². The van der Waals surface area contributed by atoms with E-state index in [0.717, 1.165) is 38.2 Å². The molecule has 26 heavy (non-hydrogen) atoms. The fourth-order valence-electron chi connectivity index (χ4n) is 2.18. The largest absolute Gasteiger partial charge is 0.416 e. The highest BCUT2D eigenvalue weighted by Gasteiger charge is 2.30. The minimum atomic E-state index is -4.33. The Hall–Kier alpha value is -1.07. The first-order valence-corrected chi connectivity index (χ1v) is 8.15. The summed E-state index contributed by atoms with van der Waals surface area (Å²) in [6.45, 7) is 3.49. The molecule has 0 fully saturated rings. The Labute approximate surface area is 170 Å². The van der Waals surface area contributed by atoms with Crippen LogP contribution in [0.1, 0.15) is 17.5 Å². The zero-order valence-electron chi connectivity index (χ0n) is 15.4. The number of likely N-dealkylation sites (N-methyl/N-ethyl adjacent to an activating group) is 1. The number of ether oxygens (including phenoxy) is 1. The lowest BCUT2D eigenvalue weighted by Gasteiger charge is -2.17. The second kappa shape index (κ2) is 13.2. The van der Waals surface area contributed by atoms with Gasteiger partial charge in [-0.3, -0.25) is 4.99 Å². The van der Waals surface area contributed by atoms with Gasteiger partial charge in [-0.2, -0.15) is 13.2 Å². The van der Waals surface area contributed by atoms with Crippen molar-refractivity contribution in [2.45, 2.75) is 19.1 Å². The van der Waals surface area contributed by atoms with Crippen LogP contribution < -0.4 is 10.6 Å². The highest BCUT2D eigenvalue weighted by Crippen LogP contribution is 2.29. The molecule has 2 N–H and O–H groups in total. The second-order valence-corrected chi connectivity index (χ2v) is 5.70. The summed E-state index contributed by atoms with van der Waals surface area (Å²) >= 11 is 0. The number of hydrogen-bond donors (Lipinski definition) is 2. The third-order valence-corrected chi connectivity index (χ3v) is 3.62. The summed E-state index contributed by atoms with van der Waals surface area (Å²) in [7, 11) is 5.33. The number of alkyl halides is 3. The van der Waals surface area contributed by atoms with Gasteiger partial charge < -0.3 is 20.3 Å². The molecule has 0 aliphatic rings. The van der Waals surface area contributed by atoms with Crippen molar-refractivity contribution < 1.29 is 17.9 Å². The van der Waals surface area contributed by atoms with Crippen molar-refractivity contribution in [2.24, 2.45) is 4.99 Å². The first-order chi connectivity index (χ1) is 11.9. The first-order valence-electron chi connectivity index (χ1n) is 8.15. The summed E-state index contributed by atoms with van der Waals surface area (Å²) in [5, 5.41) is 6.18. The number of rotatable bonds is 9. The average Bonchev–Trinajstić information content (AvgIpc) is 2.58. The Morgan fingerprint density at radius 3 is 2.58 bits per heavy atom. The molecule has 0 saturated carbocycles. The van der Waals surface area contributed by atoms with Gasteiger partial charge in [-0.05, 0) is 37.7 Å². The van der Waals surface area contributed by atoms with Gasteiger partial charge >= 0.3 is 6.18 Å². The monoisotopic (exact) mass is 488 g/mol. The summed E-state index contributed by atoms with van der Waals surface area (Å²) < 4.78 is 43.2. The van der Waals surface area contributed by atoms with Crippen molar-refractivity contribution in [3.8, 4) is 0 Å². The average molecular weight is 488 g/mol. The van der Waals surface area contributed by atoms with E-state index in [1.807, 2.05) is 7.05 Å². The number of methoxy groups -OCH3 is 1. The van der Waals surface area contributed by atoms with Crippen LogP contribution in [-0.4, -0.2) is 58.3 Å². The smallest absolute Gasteiger partial charge is 0.383 e. The maximum absolute atomic E-state index is 12.7. The Morgan fingerprint density at radius 1 is 1.23 bits per heavy atom. The van der Waals surface area contributed by atoms with E-state index in [0.29, 0.717) is 18.1 Å². The molecule has 0 heterocycles. The second-order valence-electron chi connectivity index (χ2n) is 5.70. The Bertz CT molecular complexity index is 541. The molecule has 5 nitrogen and oxygen atoms in total. The Balaban J connectivity index is 0.00000625. The molecule has 0 radical (unpaired) electrons. The summed E-state index contributed by atoms with van der Waals surface area (Å²) in [6, 6.07) is 5.27. The van der Waals surface area contributed by atoms with E-state index in [2.05, 4.69) is 20.5 Å². The van der Waals surface area contributed by atoms with Gasteiger partial charge in [-0.1, -0.05) is 12.1 Å². The van der Waals surface area contributed by atoms with Crippen LogP contribution in [0.2, 0.25) is 0 Å². The van der Waals surface area contributed by atoms with E-state index >= 15 is 0 Å². The molecule has 0 unspecified atom stereocenters. The Kier molecular flexibility index (Phi) is 12.6. The number of aliphatic imine (C=N–C) groups is 1. The molecule has 0 saturated heterocycles. The number of hydrogen-bond acceptors (Lipinski definition) is 3. The van der Waals surface area contributed by atoms with Gasteiger partial charge in [0.05, 0.1) is 12.2 Å². The zero-order chi connectivity index (χ0) is 18.7. The lowest BCUT2D eigenvalue weighted by atomic mass is 10.1. The molecule has 0 aliphatic carbocycles. The number of nitrogens with one attached hydrogen (secondary N) is 2. The van der Waals surface area contributed by atoms with E-state index < -0.39 is 11.7 Å². The molecule has 0 amide bonds. The van der Waals surface area contributed by atoms with Crippen LogP contribution in [-0.2, 0) is 17.5 Å². The van der Waals surface area contributed by atoms with E-state index in [9.17, 15) is 13.2 Å². The normalized spacial score (nSPS) is 12.0. The van der Waals surface area contributed by atoms with E-state index in [4.69, 9.17) is 4.74 Å². The minimum absolute atomic E-state index is 0. The maximum Gasteiger partial charge on any atom is 0.416 e. The minimum Gasteiger partial charge on any atom is -0.383 e. The lowest BCUT2D eigenvalue weighted by Crippen LogP contribution is -2.38. The Morgan fingerprint density at radius 2 is 1.96 bits per heavy atom. The van der Waals surface area contributed by atoms with Crippen LogP contribution in [0, 0.1) is 0 Å². The van der Waals surface area contributed by atoms with Crippen LogP contribution in [0.25, 0.3) is 0 Å². The van der Waals surface area contributed by atoms with Crippen molar-refractivity contribution >= 4 is 29.9 Å². The van der Waals surface area contributed by atoms with Crippen LogP contribution >= 0.6 is 24.0 Å². The van der Waals surface area contributed by atoms with Crippen LogP contribution in [0.4, 0.5) is 13.2 Å². The molecule has 9 heteroatoms. The summed E-state index contributed by atoms with van der Waals surface area (Å²) in [4.78, 5) is 6.25. The molecular weight excluding hydrogens is 460 g/mol. The first kappa shape index (κ1) is 24.9. The number of halogens is 4. The van der Waals surface area contributed by atoms with Crippen LogP contribution in [0.3, 0.4) is 0 Å². The standard InChI is InChI=1S/C17H27F3N4O.HI/c1-21-16(22-8-5-9-24(2)10-11-25-3)23-13-14-6-4-7-15(12-14)17(18,19)20;/h4,6-7,12H,5,8-11,13H2,1-3H3,(H2,21,22,23);1H. The van der Waals surface area contributed by atoms with E-state index in [-0.39, 0.29) is 30.5 Å². The van der Waals surface area contributed by atoms with E-state index in [1.165, 1.54) is 6.07 Å². The molecule has 0 atom stereocenters. The molecule has 0 bridgehead atoms. The molecule has 1 rings (SSSR count). The molecule has 0 aromatic heterocycles. The van der Waals surface area contributed by atoms with Gasteiger partial charge in [0.1, 0.15) is 0 Å². The fraction of sp³-hybridized carbons (Fsp3) is 0.588. The summed E-state index contributed by atoms with van der Waals surface area (Å²) in [6.07, 6.45) is -3.41. The van der Waals surface area contributed by atoms with Crippen molar-refractivity contribution in [3.63, 3.8) is 0 Å². The third kappa shape index (κ3) is 10.2. The zero-order valence-corrected chi connectivity index (χ0v) is 17.7. The van der Waals surface area contributed by atoms with Gasteiger partial charge in [0.25, 0.3) is 0 Å². The van der Waals surface area contributed by atoms with Crippen molar-refractivity contribution in [1.82, 2.24) is 15.5 Å². The summed E-state index contributed by atoms with van der Waals surface area (Å²) in [5.74, 6) is 0.567. The molecule has 150 valence electrons. The molecule has 0 spiro atoms. The highest BCUT2D eigenvalue weighted by atomic mass is 127. The predicted octanol–water partition coefficient (Wildman–Crippen LogP) is 2.96. The SMILES string of the molecule is CN=C(NCCCN(C)CCOC)NCc1cccc(C(F)(F)F)c1.I. The quantitative estimate of drug-likeness (QED) is 0.243. The molecule has 1 aromatic carbocycles. The summed E-state index contributed by atoms with van der Waals surface area (Å²) in [5.41, 5.74) is -0.0917. The van der Waals surface area contributed by atoms with E-state index in [1.54, 1.807) is 20.2 Å². The topological polar surface area (TPSA) is 48.9 Å². The van der Waals surface area contributed by atoms with Crippen molar-refractivity contribution in [2.75, 3.05) is 47.4 Å². The molecule has 0 aliphatic heterocycles. The fourth-order valence-corrected chi connectivity index (χ4v) is 2.18. The van der Waals surface area contributed by atoms with Gasteiger partial charge in [0.15, 0.2) is 5.96 Å². The lowest BCUT2D eigenvalue weighted by molar-refractivity contribution is -0.137. The molecular formula is C17H28F3IN4O. The van der Waals surface area contributed by atoms with Crippen molar-refractivity contribution in [1.29, 1.82) is 0 Å². The third-order valence-electron chi connectivity index (χ3n) is 3.62. The van der Waals surface area contributed by atoms with Crippen LogP contribution in [0.15, 0.2) is 29.3 Å². The number of nitrogens with zero attached hydrogens (tertiary/aromatic N) is 2.